The van der Waals surface area contributed by atoms with Gasteiger partial charge >= 0.3 is 0 Å². The van der Waals surface area contributed by atoms with Gasteiger partial charge in [0.25, 0.3) is 0 Å². The summed E-state index contributed by atoms with van der Waals surface area (Å²) >= 11 is 0. The number of pyridine rings is 1. The van der Waals surface area contributed by atoms with E-state index in [-0.39, 0.29) is 0 Å². The Morgan fingerprint density at radius 2 is 2.06 bits per heavy atom. The van der Waals surface area contributed by atoms with Crippen molar-refractivity contribution >= 4 is 0 Å². The summed E-state index contributed by atoms with van der Waals surface area (Å²) in [5.74, 6) is 0.825. The molecule has 1 heterocycles. The van der Waals surface area contributed by atoms with Gasteiger partial charge in [-0.25, -0.2) is 0 Å². The molecule has 1 N–H and O–H groups in total. The summed E-state index contributed by atoms with van der Waals surface area (Å²) < 4.78 is 0. The number of hydrogen-bond donors (Lipinski definition) is 1. The zero-order chi connectivity index (χ0) is 13.1. The Morgan fingerprint density at radius 3 is 2.72 bits per heavy atom. The van der Waals surface area contributed by atoms with Crippen LogP contribution in [0.25, 0.3) is 0 Å². The second kappa shape index (κ2) is 10.1. The van der Waals surface area contributed by atoms with Crippen LogP contribution >= 0.6 is 0 Å². The number of nitrogens with one attached hydrogen (secondary N) is 1. The average Bonchev–Trinajstić information content (AvgIpc) is 2.42. The second-order valence-corrected chi connectivity index (χ2v) is 5.08. The molecule has 0 spiro atoms. The molecule has 0 saturated carbocycles. The van der Waals surface area contributed by atoms with E-state index >= 15 is 0 Å². The lowest BCUT2D eigenvalue weighted by molar-refractivity contribution is 0.411. The molecule has 1 unspecified atom stereocenters. The molecule has 0 radical (unpaired) electrons. The van der Waals surface area contributed by atoms with Crippen LogP contribution in [0.2, 0.25) is 0 Å². The molecule has 1 aromatic rings. The topological polar surface area (TPSA) is 24.9 Å². The number of hydrogen-bond acceptors (Lipinski definition) is 2. The Bertz CT molecular complexity index is 284. The van der Waals surface area contributed by atoms with Gasteiger partial charge in [-0.3, -0.25) is 4.98 Å². The quantitative estimate of drug-likeness (QED) is 0.629. The predicted octanol–water partition coefficient (Wildman–Crippen LogP) is 4.17. The third kappa shape index (κ3) is 6.75. The van der Waals surface area contributed by atoms with Gasteiger partial charge in [-0.15, -0.1) is 0 Å². The Kier molecular flexibility index (Phi) is 8.49. The maximum absolute atomic E-state index is 4.33. The van der Waals surface area contributed by atoms with Gasteiger partial charge in [-0.1, -0.05) is 52.0 Å². The van der Waals surface area contributed by atoms with Crippen molar-refractivity contribution in [3.63, 3.8) is 0 Å². The molecule has 18 heavy (non-hydrogen) atoms. The average molecular weight is 248 g/mol. The molecule has 0 aliphatic carbocycles. The van der Waals surface area contributed by atoms with Crippen molar-refractivity contribution in [2.45, 2.75) is 58.9 Å². The zero-order valence-corrected chi connectivity index (χ0v) is 12.0. The highest BCUT2D eigenvalue weighted by Gasteiger charge is 2.05. The van der Waals surface area contributed by atoms with Crippen molar-refractivity contribution < 1.29 is 0 Å². The van der Waals surface area contributed by atoms with E-state index in [4.69, 9.17) is 0 Å². The normalized spacial score (nSPS) is 12.6. The smallest absolute Gasteiger partial charge is 0.0541 e. The molecule has 1 rings (SSSR count). The highest BCUT2D eigenvalue weighted by Crippen LogP contribution is 2.13. The Labute approximate surface area is 112 Å². The van der Waals surface area contributed by atoms with Crippen LogP contribution in [0.5, 0.6) is 0 Å². The van der Waals surface area contributed by atoms with E-state index in [0.29, 0.717) is 0 Å². The monoisotopic (exact) mass is 248 g/mol. The van der Waals surface area contributed by atoms with Crippen LogP contribution in [-0.4, -0.2) is 11.5 Å². The van der Waals surface area contributed by atoms with E-state index in [9.17, 15) is 0 Å². The minimum atomic E-state index is 0.825. The van der Waals surface area contributed by atoms with Gasteiger partial charge in [-0.05, 0) is 31.0 Å². The minimum Gasteiger partial charge on any atom is -0.311 e. The standard InChI is InChI=1S/C16H28N2/c1-3-5-6-7-10-15(4-2)13-17-14-16-11-8-9-12-18-16/h8-9,11-12,15,17H,3-7,10,13-14H2,1-2H3. The van der Waals surface area contributed by atoms with Crippen molar-refractivity contribution in [1.29, 1.82) is 0 Å². The molecule has 0 saturated heterocycles. The Morgan fingerprint density at radius 1 is 1.17 bits per heavy atom. The van der Waals surface area contributed by atoms with Gasteiger partial charge in [0, 0.05) is 12.7 Å². The zero-order valence-electron chi connectivity index (χ0n) is 12.0. The molecule has 102 valence electrons. The summed E-state index contributed by atoms with van der Waals surface area (Å²) in [5.41, 5.74) is 1.14. The van der Waals surface area contributed by atoms with Crippen LogP contribution in [0.3, 0.4) is 0 Å². The lowest BCUT2D eigenvalue weighted by Gasteiger charge is -2.15. The molecule has 0 fully saturated rings. The van der Waals surface area contributed by atoms with Gasteiger partial charge in [0.2, 0.25) is 0 Å². The van der Waals surface area contributed by atoms with Gasteiger partial charge in [-0.2, -0.15) is 0 Å². The first-order valence-electron chi connectivity index (χ1n) is 7.47. The lowest BCUT2D eigenvalue weighted by Crippen LogP contribution is -2.22. The first-order chi connectivity index (χ1) is 8.86. The number of aromatic nitrogens is 1. The van der Waals surface area contributed by atoms with Gasteiger partial charge < -0.3 is 5.32 Å². The maximum atomic E-state index is 4.33. The molecule has 0 aliphatic heterocycles. The van der Waals surface area contributed by atoms with E-state index in [1.807, 2.05) is 18.3 Å². The SMILES string of the molecule is CCCCCCC(CC)CNCc1ccccn1. The summed E-state index contributed by atoms with van der Waals surface area (Å²) in [6, 6.07) is 6.09. The molecule has 0 aliphatic rings. The lowest BCUT2D eigenvalue weighted by atomic mass is 9.98. The number of unbranched alkanes of at least 4 members (excludes halogenated alkanes) is 3. The van der Waals surface area contributed by atoms with Gasteiger partial charge in [0.15, 0.2) is 0 Å². The second-order valence-electron chi connectivity index (χ2n) is 5.08. The van der Waals surface area contributed by atoms with Crippen molar-refractivity contribution in [2.75, 3.05) is 6.54 Å². The molecule has 0 aromatic carbocycles. The minimum absolute atomic E-state index is 0.825. The summed E-state index contributed by atoms with van der Waals surface area (Å²) in [6.07, 6.45) is 10.0. The van der Waals surface area contributed by atoms with Gasteiger partial charge in [0.1, 0.15) is 0 Å². The van der Waals surface area contributed by atoms with Crippen LogP contribution in [0.4, 0.5) is 0 Å². The van der Waals surface area contributed by atoms with Gasteiger partial charge in [0.05, 0.1) is 5.69 Å². The molecular weight excluding hydrogens is 220 g/mol. The van der Waals surface area contributed by atoms with Crippen LogP contribution in [-0.2, 0) is 6.54 Å². The number of nitrogens with zero attached hydrogens (tertiary/aromatic N) is 1. The predicted molar refractivity (Wildman–Crippen MR) is 78.5 cm³/mol. The largest absolute Gasteiger partial charge is 0.311 e. The summed E-state index contributed by atoms with van der Waals surface area (Å²) in [4.78, 5) is 4.33. The molecule has 2 heteroatoms. The van der Waals surface area contributed by atoms with Crippen molar-refractivity contribution in [2.24, 2.45) is 5.92 Å². The van der Waals surface area contributed by atoms with E-state index in [0.717, 1.165) is 24.7 Å². The molecule has 1 atom stereocenters. The first-order valence-corrected chi connectivity index (χ1v) is 7.47. The summed E-state index contributed by atoms with van der Waals surface area (Å²) in [7, 11) is 0. The van der Waals surface area contributed by atoms with Crippen LogP contribution in [0.15, 0.2) is 24.4 Å². The van der Waals surface area contributed by atoms with E-state index in [2.05, 4.69) is 30.2 Å². The molecule has 1 aromatic heterocycles. The third-order valence-corrected chi connectivity index (χ3v) is 3.51. The third-order valence-electron chi connectivity index (χ3n) is 3.51. The van der Waals surface area contributed by atoms with Crippen molar-refractivity contribution in [3.05, 3.63) is 30.1 Å². The Balaban J connectivity index is 2.11. The summed E-state index contributed by atoms with van der Waals surface area (Å²) in [5, 5.41) is 3.53. The maximum Gasteiger partial charge on any atom is 0.0541 e. The van der Waals surface area contributed by atoms with E-state index < -0.39 is 0 Å². The highest BCUT2D eigenvalue weighted by atomic mass is 14.9. The fraction of sp³-hybridized carbons (Fsp3) is 0.688. The van der Waals surface area contributed by atoms with Crippen LogP contribution < -0.4 is 5.32 Å². The molecule has 0 bridgehead atoms. The van der Waals surface area contributed by atoms with Crippen molar-refractivity contribution in [3.8, 4) is 0 Å². The molecule has 0 amide bonds. The van der Waals surface area contributed by atoms with Crippen LogP contribution in [0.1, 0.15) is 58.1 Å². The highest BCUT2D eigenvalue weighted by molar-refractivity contribution is 5.02. The van der Waals surface area contributed by atoms with Crippen LogP contribution in [0, 0.1) is 5.92 Å². The fourth-order valence-corrected chi connectivity index (χ4v) is 2.22. The van der Waals surface area contributed by atoms with E-state index in [1.54, 1.807) is 0 Å². The molecule has 2 nitrogen and oxygen atoms in total. The molecular formula is C16H28N2. The Hall–Kier alpha value is -0.890. The van der Waals surface area contributed by atoms with Crippen molar-refractivity contribution in [1.82, 2.24) is 10.3 Å². The first kappa shape index (κ1) is 15.2. The van der Waals surface area contributed by atoms with E-state index in [1.165, 1.54) is 38.5 Å². The number of rotatable bonds is 10. The summed E-state index contributed by atoms with van der Waals surface area (Å²) in [6.45, 7) is 6.59. The fourth-order valence-electron chi connectivity index (χ4n) is 2.22.